The van der Waals surface area contributed by atoms with Crippen molar-refractivity contribution < 1.29 is 5.11 Å². The van der Waals surface area contributed by atoms with Gasteiger partial charge in [-0.15, -0.1) is 0 Å². The molecule has 2 fully saturated rings. The van der Waals surface area contributed by atoms with Gasteiger partial charge in [-0.1, -0.05) is 6.42 Å². The van der Waals surface area contributed by atoms with E-state index in [1.165, 1.54) is 19.3 Å². The van der Waals surface area contributed by atoms with Gasteiger partial charge in [0.2, 0.25) is 0 Å². The van der Waals surface area contributed by atoms with E-state index in [4.69, 9.17) is 0 Å². The van der Waals surface area contributed by atoms with Gasteiger partial charge in [-0.25, -0.2) is 4.98 Å². The highest BCUT2D eigenvalue weighted by atomic mass is 16.3. The Hall–Kier alpha value is -0.870. The second-order valence-corrected chi connectivity index (χ2v) is 5.29. The van der Waals surface area contributed by atoms with E-state index in [-0.39, 0.29) is 0 Å². The first kappa shape index (κ1) is 10.3. The maximum atomic E-state index is 10.8. The zero-order chi connectivity index (χ0) is 11.2. The number of aromatic nitrogens is 2. The molecular formula is C12H19N3O. The quantitative estimate of drug-likeness (QED) is 0.741. The van der Waals surface area contributed by atoms with Gasteiger partial charge in [-0.2, -0.15) is 0 Å². The minimum atomic E-state index is -0.723. The average Bonchev–Trinajstić information content (AvgIpc) is 2.64. The van der Waals surface area contributed by atoms with Crippen LogP contribution in [0.15, 0.2) is 12.4 Å². The van der Waals surface area contributed by atoms with E-state index in [0.717, 1.165) is 18.7 Å². The van der Waals surface area contributed by atoms with Crippen LogP contribution in [0.3, 0.4) is 0 Å². The topological polar surface area (TPSA) is 50.1 Å². The Bertz CT molecular complexity index is 375. The van der Waals surface area contributed by atoms with E-state index in [1.54, 1.807) is 6.20 Å². The average molecular weight is 221 g/mol. The van der Waals surface area contributed by atoms with E-state index >= 15 is 0 Å². The SMILES string of the molecule is Cn1ccnc1C1(O)CC2CCCC(C1)N2. The number of rotatable bonds is 1. The number of fused-ring (bicyclic) bond motifs is 2. The Morgan fingerprint density at radius 2 is 2.12 bits per heavy atom. The summed E-state index contributed by atoms with van der Waals surface area (Å²) in [5.74, 6) is 0.825. The van der Waals surface area contributed by atoms with Crippen LogP contribution in [-0.2, 0) is 12.6 Å². The Morgan fingerprint density at radius 1 is 1.44 bits per heavy atom. The molecule has 16 heavy (non-hydrogen) atoms. The van der Waals surface area contributed by atoms with Crippen LogP contribution in [0, 0.1) is 0 Å². The molecule has 0 amide bonds. The lowest BCUT2D eigenvalue weighted by Gasteiger charge is -2.44. The third-order valence-electron chi connectivity index (χ3n) is 3.98. The van der Waals surface area contributed by atoms with Gasteiger partial charge in [0.1, 0.15) is 11.4 Å². The summed E-state index contributed by atoms with van der Waals surface area (Å²) in [5, 5.41) is 14.4. The molecule has 2 aliphatic rings. The van der Waals surface area contributed by atoms with Crippen LogP contribution in [0.5, 0.6) is 0 Å². The fraction of sp³-hybridized carbons (Fsp3) is 0.750. The fourth-order valence-corrected chi connectivity index (χ4v) is 3.33. The van der Waals surface area contributed by atoms with Gasteiger partial charge >= 0.3 is 0 Å². The lowest BCUT2D eigenvalue weighted by Crippen LogP contribution is -2.55. The van der Waals surface area contributed by atoms with Crippen molar-refractivity contribution in [1.29, 1.82) is 0 Å². The van der Waals surface area contributed by atoms with Gasteiger partial charge in [0.15, 0.2) is 0 Å². The molecule has 3 heterocycles. The van der Waals surface area contributed by atoms with Crippen LogP contribution >= 0.6 is 0 Å². The van der Waals surface area contributed by atoms with Crippen LogP contribution in [0.1, 0.15) is 37.9 Å². The van der Waals surface area contributed by atoms with Crippen molar-refractivity contribution in [2.45, 2.75) is 49.8 Å². The first-order valence-corrected chi connectivity index (χ1v) is 6.14. The minimum Gasteiger partial charge on any atom is -0.382 e. The molecule has 2 aliphatic heterocycles. The van der Waals surface area contributed by atoms with Crippen LogP contribution in [-0.4, -0.2) is 26.7 Å². The Kier molecular flexibility index (Phi) is 2.30. The molecule has 88 valence electrons. The summed E-state index contributed by atoms with van der Waals surface area (Å²) in [6.07, 6.45) is 8.93. The zero-order valence-corrected chi connectivity index (χ0v) is 9.69. The number of piperidine rings is 2. The first-order chi connectivity index (χ1) is 7.67. The highest BCUT2D eigenvalue weighted by Gasteiger charge is 2.43. The van der Waals surface area contributed by atoms with Gasteiger partial charge in [0.25, 0.3) is 0 Å². The van der Waals surface area contributed by atoms with Crippen molar-refractivity contribution in [2.24, 2.45) is 7.05 Å². The van der Waals surface area contributed by atoms with Gasteiger partial charge in [0, 0.05) is 31.5 Å². The highest BCUT2D eigenvalue weighted by Crippen LogP contribution is 2.38. The highest BCUT2D eigenvalue weighted by molar-refractivity contribution is 5.10. The molecule has 2 atom stereocenters. The molecule has 0 spiro atoms. The predicted octanol–water partition coefficient (Wildman–Crippen LogP) is 0.912. The van der Waals surface area contributed by atoms with E-state index < -0.39 is 5.60 Å². The lowest BCUT2D eigenvalue weighted by molar-refractivity contribution is -0.0446. The molecule has 3 rings (SSSR count). The van der Waals surface area contributed by atoms with Crippen molar-refractivity contribution in [3.05, 3.63) is 18.2 Å². The van der Waals surface area contributed by atoms with Crippen molar-refractivity contribution in [3.63, 3.8) is 0 Å². The predicted molar refractivity (Wildman–Crippen MR) is 60.9 cm³/mol. The number of aryl methyl sites for hydroxylation is 1. The molecule has 4 heteroatoms. The molecule has 0 aliphatic carbocycles. The molecule has 0 saturated carbocycles. The third kappa shape index (κ3) is 1.57. The largest absolute Gasteiger partial charge is 0.382 e. The fourth-order valence-electron chi connectivity index (χ4n) is 3.33. The zero-order valence-electron chi connectivity index (χ0n) is 9.69. The van der Waals surface area contributed by atoms with Crippen molar-refractivity contribution in [3.8, 4) is 0 Å². The molecule has 0 radical (unpaired) electrons. The molecule has 2 saturated heterocycles. The number of nitrogens with zero attached hydrogens (tertiary/aromatic N) is 2. The Morgan fingerprint density at radius 3 is 2.69 bits per heavy atom. The van der Waals surface area contributed by atoms with Crippen molar-refractivity contribution in [2.75, 3.05) is 0 Å². The Labute approximate surface area is 95.7 Å². The third-order valence-corrected chi connectivity index (χ3v) is 3.98. The maximum absolute atomic E-state index is 10.8. The maximum Gasteiger partial charge on any atom is 0.140 e. The second kappa shape index (κ2) is 3.57. The molecule has 1 aromatic rings. The normalized spacial score (nSPS) is 38.6. The number of imidazole rings is 1. The number of nitrogens with one attached hydrogen (secondary N) is 1. The summed E-state index contributed by atoms with van der Waals surface area (Å²) in [7, 11) is 1.96. The van der Waals surface area contributed by atoms with Crippen LogP contribution in [0.2, 0.25) is 0 Å². The standard InChI is InChI=1S/C12H19N3O/c1-15-6-5-13-11(15)12(16)7-9-3-2-4-10(8-12)14-9/h5-6,9-10,14,16H,2-4,7-8H2,1H3. The smallest absolute Gasteiger partial charge is 0.140 e. The summed E-state index contributed by atoms with van der Waals surface area (Å²) in [6.45, 7) is 0. The van der Waals surface area contributed by atoms with Crippen LogP contribution in [0.4, 0.5) is 0 Å². The van der Waals surface area contributed by atoms with Crippen molar-refractivity contribution in [1.82, 2.24) is 14.9 Å². The summed E-state index contributed by atoms with van der Waals surface area (Å²) in [4.78, 5) is 4.32. The van der Waals surface area contributed by atoms with E-state index in [2.05, 4.69) is 10.3 Å². The molecule has 0 aromatic carbocycles. The van der Waals surface area contributed by atoms with E-state index in [9.17, 15) is 5.11 Å². The molecular weight excluding hydrogens is 202 g/mol. The first-order valence-electron chi connectivity index (χ1n) is 6.14. The van der Waals surface area contributed by atoms with Crippen LogP contribution in [0.25, 0.3) is 0 Å². The van der Waals surface area contributed by atoms with E-state index in [1.807, 2.05) is 17.8 Å². The van der Waals surface area contributed by atoms with Crippen molar-refractivity contribution >= 4 is 0 Å². The number of aliphatic hydroxyl groups is 1. The second-order valence-electron chi connectivity index (χ2n) is 5.29. The molecule has 4 nitrogen and oxygen atoms in total. The lowest BCUT2D eigenvalue weighted by atomic mass is 9.77. The molecule has 2 N–H and O–H groups in total. The Balaban J connectivity index is 1.91. The molecule has 2 bridgehead atoms. The summed E-state index contributed by atoms with van der Waals surface area (Å²) in [6, 6.07) is 0.934. The van der Waals surface area contributed by atoms with Crippen LogP contribution < -0.4 is 5.32 Å². The molecule has 2 unspecified atom stereocenters. The van der Waals surface area contributed by atoms with Gasteiger partial charge in [0.05, 0.1) is 0 Å². The summed E-state index contributed by atoms with van der Waals surface area (Å²) >= 11 is 0. The van der Waals surface area contributed by atoms with Gasteiger partial charge in [-0.3, -0.25) is 0 Å². The van der Waals surface area contributed by atoms with E-state index in [0.29, 0.717) is 12.1 Å². The minimum absolute atomic E-state index is 0.467. The number of hydrogen-bond donors (Lipinski definition) is 2. The molecule has 1 aromatic heterocycles. The van der Waals surface area contributed by atoms with Gasteiger partial charge in [-0.05, 0) is 25.7 Å². The summed E-state index contributed by atoms with van der Waals surface area (Å²) < 4.78 is 1.95. The number of hydrogen-bond acceptors (Lipinski definition) is 3. The van der Waals surface area contributed by atoms with Gasteiger partial charge < -0.3 is 15.0 Å². The monoisotopic (exact) mass is 221 g/mol. The summed E-state index contributed by atoms with van der Waals surface area (Å²) in [5.41, 5.74) is -0.723.